The Morgan fingerprint density at radius 3 is 2.71 bits per heavy atom. The Morgan fingerprint density at radius 2 is 2.05 bits per heavy atom. The van der Waals surface area contributed by atoms with Gasteiger partial charge in [0.1, 0.15) is 5.60 Å². The summed E-state index contributed by atoms with van der Waals surface area (Å²) >= 11 is 1.85. The molecule has 0 aromatic rings. The molecule has 21 heavy (non-hydrogen) atoms. The zero-order valence-electron chi connectivity index (χ0n) is 13.1. The number of ether oxygens (including phenoxy) is 1. The van der Waals surface area contributed by atoms with Crippen LogP contribution in [0.1, 0.15) is 33.6 Å². The van der Waals surface area contributed by atoms with Crippen LogP contribution in [0.25, 0.3) is 0 Å². The van der Waals surface area contributed by atoms with E-state index in [0.29, 0.717) is 0 Å². The SMILES string of the molecule is CC(C)(C)OC(=O)NCC(O)CC(=O)N1CCCSCC1. The summed E-state index contributed by atoms with van der Waals surface area (Å²) in [5, 5.41) is 12.3. The number of hydrogen-bond acceptors (Lipinski definition) is 5. The lowest BCUT2D eigenvalue weighted by atomic mass is 10.2. The molecular weight excluding hydrogens is 292 g/mol. The quantitative estimate of drug-likeness (QED) is 0.815. The molecule has 1 aliphatic rings. The number of aliphatic hydroxyl groups is 1. The molecule has 0 aromatic heterocycles. The first-order chi connectivity index (χ1) is 9.78. The van der Waals surface area contributed by atoms with E-state index < -0.39 is 17.8 Å². The van der Waals surface area contributed by atoms with Crippen LogP contribution in [0.2, 0.25) is 0 Å². The highest BCUT2D eigenvalue weighted by atomic mass is 32.2. The summed E-state index contributed by atoms with van der Waals surface area (Å²) in [5.41, 5.74) is -0.575. The molecule has 2 amide bonds. The molecule has 1 aliphatic heterocycles. The predicted octanol–water partition coefficient (Wildman–Crippen LogP) is 1.23. The first-order valence-electron chi connectivity index (χ1n) is 7.28. The summed E-state index contributed by atoms with van der Waals surface area (Å²) in [5.74, 6) is 1.96. The van der Waals surface area contributed by atoms with Crippen LogP contribution >= 0.6 is 11.8 Å². The molecule has 7 heteroatoms. The first kappa shape index (κ1) is 18.1. The average molecular weight is 318 g/mol. The maximum atomic E-state index is 12.0. The molecule has 6 nitrogen and oxygen atoms in total. The molecule has 0 aromatic carbocycles. The lowest BCUT2D eigenvalue weighted by molar-refractivity contribution is -0.132. The van der Waals surface area contributed by atoms with Gasteiger partial charge >= 0.3 is 6.09 Å². The molecule has 0 spiro atoms. The predicted molar refractivity (Wildman–Crippen MR) is 83.4 cm³/mol. The normalized spacial score (nSPS) is 17.8. The van der Waals surface area contributed by atoms with Crippen molar-refractivity contribution in [2.75, 3.05) is 31.1 Å². The Kier molecular flexibility index (Phi) is 7.31. The van der Waals surface area contributed by atoms with Gasteiger partial charge in [0.2, 0.25) is 5.91 Å². The molecule has 1 heterocycles. The summed E-state index contributed by atoms with van der Waals surface area (Å²) in [4.78, 5) is 25.3. The maximum absolute atomic E-state index is 12.0. The molecule has 0 radical (unpaired) electrons. The second-order valence-corrected chi connectivity index (χ2v) is 7.31. The van der Waals surface area contributed by atoms with Crippen molar-refractivity contribution in [2.24, 2.45) is 0 Å². The lowest BCUT2D eigenvalue weighted by Crippen LogP contribution is -2.40. The minimum Gasteiger partial charge on any atom is -0.444 e. The smallest absolute Gasteiger partial charge is 0.407 e. The van der Waals surface area contributed by atoms with Gasteiger partial charge in [-0.3, -0.25) is 4.79 Å². The van der Waals surface area contributed by atoms with Gasteiger partial charge in [-0.2, -0.15) is 11.8 Å². The van der Waals surface area contributed by atoms with Crippen LogP contribution in [0.5, 0.6) is 0 Å². The van der Waals surface area contributed by atoms with Crippen molar-refractivity contribution in [3.8, 4) is 0 Å². The Balaban J connectivity index is 2.27. The number of alkyl carbamates (subject to hydrolysis) is 1. The summed E-state index contributed by atoms with van der Waals surface area (Å²) < 4.78 is 5.07. The second-order valence-electron chi connectivity index (χ2n) is 6.09. The largest absolute Gasteiger partial charge is 0.444 e. The van der Waals surface area contributed by atoms with Crippen LogP contribution < -0.4 is 5.32 Å². The fraction of sp³-hybridized carbons (Fsp3) is 0.857. The molecule has 1 atom stereocenters. The standard InChI is InChI=1S/C14H26N2O4S/c1-14(2,3)20-13(19)15-10-11(17)9-12(18)16-5-4-7-21-8-6-16/h11,17H,4-10H2,1-3H3,(H,15,19). The van der Waals surface area contributed by atoms with Gasteiger partial charge in [-0.1, -0.05) is 0 Å². The number of aliphatic hydroxyl groups excluding tert-OH is 1. The van der Waals surface area contributed by atoms with Crippen molar-refractivity contribution >= 4 is 23.8 Å². The highest BCUT2D eigenvalue weighted by molar-refractivity contribution is 7.99. The molecule has 0 saturated carbocycles. The Morgan fingerprint density at radius 1 is 1.33 bits per heavy atom. The van der Waals surface area contributed by atoms with E-state index in [0.717, 1.165) is 31.0 Å². The van der Waals surface area contributed by atoms with Gasteiger partial charge < -0.3 is 20.1 Å². The highest BCUT2D eigenvalue weighted by Gasteiger charge is 2.21. The van der Waals surface area contributed by atoms with Gasteiger partial charge in [0.05, 0.1) is 12.5 Å². The molecule has 122 valence electrons. The Labute approximate surface area is 130 Å². The van der Waals surface area contributed by atoms with E-state index in [-0.39, 0.29) is 18.9 Å². The molecule has 1 rings (SSSR count). The molecule has 1 unspecified atom stereocenters. The lowest BCUT2D eigenvalue weighted by Gasteiger charge is -2.23. The van der Waals surface area contributed by atoms with E-state index in [4.69, 9.17) is 4.74 Å². The van der Waals surface area contributed by atoms with Gasteiger partial charge in [-0.05, 0) is 32.9 Å². The summed E-state index contributed by atoms with van der Waals surface area (Å²) in [7, 11) is 0. The van der Waals surface area contributed by atoms with Crippen LogP contribution in [0, 0.1) is 0 Å². The number of hydrogen-bond donors (Lipinski definition) is 2. The van der Waals surface area contributed by atoms with Crippen LogP contribution in [-0.4, -0.2) is 64.9 Å². The Bertz CT molecular complexity index is 349. The highest BCUT2D eigenvalue weighted by Crippen LogP contribution is 2.11. The number of carbonyl (C=O) groups excluding carboxylic acids is 2. The van der Waals surface area contributed by atoms with Gasteiger partial charge in [0.15, 0.2) is 0 Å². The summed E-state index contributed by atoms with van der Waals surface area (Å²) in [6.07, 6.45) is -0.454. The third-order valence-corrected chi connectivity index (χ3v) is 3.91. The number of rotatable bonds is 4. The third kappa shape index (κ3) is 8.16. The van der Waals surface area contributed by atoms with Crippen LogP contribution in [0.3, 0.4) is 0 Å². The van der Waals surface area contributed by atoms with Crippen LogP contribution in [-0.2, 0) is 9.53 Å². The number of nitrogens with zero attached hydrogens (tertiary/aromatic N) is 1. The first-order valence-corrected chi connectivity index (χ1v) is 8.44. The van der Waals surface area contributed by atoms with Crippen molar-refractivity contribution in [2.45, 2.75) is 45.3 Å². The molecule has 0 aliphatic carbocycles. The number of carbonyl (C=O) groups is 2. The van der Waals surface area contributed by atoms with Gasteiger partial charge in [-0.25, -0.2) is 4.79 Å². The molecular formula is C14H26N2O4S. The number of nitrogens with one attached hydrogen (secondary N) is 1. The zero-order valence-corrected chi connectivity index (χ0v) is 13.9. The fourth-order valence-electron chi connectivity index (χ4n) is 1.91. The van der Waals surface area contributed by atoms with E-state index >= 15 is 0 Å². The topological polar surface area (TPSA) is 78.9 Å². The van der Waals surface area contributed by atoms with Crippen molar-refractivity contribution < 1.29 is 19.4 Å². The van der Waals surface area contributed by atoms with Crippen molar-refractivity contribution in [3.05, 3.63) is 0 Å². The van der Waals surface area contributed by atoms with Gasteiger partial charge in [0.25, 0.3) is 0 Å². The van der Waals surface area contributed by atoms with E-state index in [1.807, 2.05) is 11.8 Å². The number of amides is 2. The van der Waals surface area contributed by atoms with Crippen LogP contribution in [0.4, 0.5) is 4.79 Å². The minimum absolute atomic E-state index is 0.0171. The summed E-state index contributed by atoms with van der Waals surface area (Å²) in [6.45, 7) is 6.80. The molecule has 1 saturated heterocycles. The average Bonchev–Trinajstić information content (AvgIpc) is 2.63. The molecule has 2 N–H and O–H groups in total. The monoisotopic (exact) mass is 318 g/mol. The molecule has 0 bridgehead atoms. The second kappa shape index (κ2) is 8.48. The summed E-state index contributed by atoms with van der Waals surface area (Å²) in [6, 6.07) is 0. The minimum atomic E-state index is -0.888. The van der Waals surface area contributed by atoms with E-state index in [1.165, 1.54) is 0 Å². The third-order valence-electron chi connectivity index (χ3n) is 2.87. The Hall–Kier alpha value is -0.950. The molecule has 1 fully saturated rings. The van der Waals surface area contributed by atoms with Gasteiger partial charge in [-0.15, -0.1) is 0 Å². The van der Waals surface area contributed by atoms with Crippen molar-refractivity contribution in [1.82, 2.24) is 10.2 Å². The van der Waals surface area contributed by atoms with Crippen molar-refractivity contribution in [1.29, 1.82) is 0 Å². The number of thioether (sulfide) groups is 1. The fourth-order valence-corrected chi connectivity index (χ4v) is 2.80. The van der Waals surface area contributed by atoms with E-state index in [2.05, 4.69) is 5.32 Å². The van der Waals surface area contributed by atoms with Crippen molar-refractivity contribution in [3.63, 3.8) is 0 Å². The maximum Gasteiger partial charge on any atom is 0.407 e. The van der Waals surface area contributed by atoms with E-state index in [1.54, 1.807) is 25.7 Å². The zero-order chi connectivity index (χ0) is 15.9. The van der Waals surface area contributed by atoms with Gasteiger partial charge in [0, 0.05) is 25.4 Å². The van der Waals surface area contributed by atoms with E-state index in [9.17, 15) is 14.7 Å². The van der Waals surface area contributed by atoms with Crippen LogP contribution in [0.15, 0.2) is 0 Å².